The molecule has 0 bridgehead atoms. The number of nitrogens with zero attached hydrogens (tertiary/aromatic N) is 2. The SMILES string of the molecule is Clc1ccc(NCc2nc(Cc3ccccc3)no2)cc1. The average Bonchev–Trinajstić information content (AvgIpc) is 2.95. The second-order valence-electron chi connectivity index (χ2n) is 4.63. The van der Waals surface area contributed by atoms with E-state index < -0.39 is 0 Å². The van der Waals surface area contributed by atoms with Gasteiger partial charge in [0.1, 0.15) is 0 Å². The second-order valence-corrected chi connectivity index (χ2v) is 5.06. The number of halogens is 1. The van der Waals surface area contributed by atoms with Crippen LogP contribution in [0.5, 0.6) is 0 Å². The van der Waals surface area contributed by atoms with E-state index >= 15 is 0 Å². The lowest BCUT2D eigenvalue weighted by molar-refractivity contribution is 0.378. The number of hydrogen-bond acceptors (Lipinski definition) is 4. The van der Waals surface area contributed by atoms with Crippen molar-refractivity contribution in [3.8, 4) is 0 Å². The summed E-state index contributed by atoms with van der Waals surface area (Å²) < 4.78 is 5.23. The van der Waals surface area contributed by atoms with E-state index in [1.54, 1.807) is 0 Å². The second kappa shape index (κ2) is 6.41. The predicted molar refractivity (Wildman–Crippen MR) is 82.3 cm³/mol. The normalized spacial score (nSPS) is 10.5. The number of rotatable bonds is 5. The number of hydrogen-bond donors (Lipinski definition) is 1. The summed E-state index contributed by atoms with van der Waals surface area (Å²) in [6.07, 6.45) is 0.672. The van der Waals surface area contributed by atoms with Gasteiger partial charge in [0.2, 0.25) is 5.89 Å². The molecule has 21 heavy (non-hydrogen) atoms. The van der Waals surface area contributed by atoms with Crippen molar-refractivity contribution in [2.75, 3.05) is 5.32 Å². The predicted octanol–water partition coefficient (Wildman–Crippen LogP) is 3.93. The van der Waals surface area contributed by atoms with Gasteiger partial charge in [-0.2, -0.15) is 4.98 Å². The van der Waals surface area contributed by atoms with Crippen LogP contribution < -0.4 is 5.32 Å². The fourth-order valence-corrected chi connectivity index (χ4v) is 2.08. The van der Waals surface area contributed by atoms with Gasteiger partial charge in [0.25, 0.3) is 0 Å². The number of benzene rings is 2. The van der Waals surface area contributed by atoms with Crippen molar-refractivity contribution in [3.05, 3.63) is 76.9 Å². The van der Waals surface area contributed by atoms with E-state index in [2.05, 4.69) is 15.5 Å². The molecule has 1 heterocycles. The highest BCUT2D eigenvalue weighted by molar-refractivity contribution is 6.30. The Balaban J connectivity index is 1.59. The third kappa shape index (κ3) is 3.83. The summed E-state index contributed by atoms with van der Waals surface area (Å²) in [5, 5.41) is 7.91. The molecule has 0 aliphatic heterocycles. The molecular formula is C16H14ClN3O. The minimum atomic E-state index is 0.490. The zero-order valence-electron chi connectivity index (χ0n) is 11.3. The van der Waals surface area contributed by atoms with Gasteiger partial charge >= 0.3 is 0 Å². The molecule has 0 aliphatic carbocycles. The van der Waals surface area contributed by atoms with Gasteiger partial charge in [-0.1, -0.05) is 47.1 Å². The fourth-order valence-electron chi connectivity index (χ4n) is 1.96. The maximum atomic E-state index is 5.84. The topological polar surface area (TPSA) is 51.0 Å². The minimum absolute atomic E-state index is 0.490. The van der Waals surface area contributed by atoms with Gasteiger partial charge in [-0.15, -0.1) is 0 Å². The van der Waals surface area contributed by atoms with Crippen LogP contribution in [0.4, 0.5) is 5.69 Å². The lowest BCUT2D eigenvalue weighted by atomic mass is 10.1. The Morgan fingerprint density at radius 1 is 1.00 bits per heavy atom. The summed E-state index contributed by atoms with van der Waals surface area (Å²) in [6.45, 7) is 0.490. The number of anilines is 1. The zero-order chi connectivity index (χ0) is 14.5. The summed E-state index contributed by atoms with van der Waals surface area (Å²) in [4.78, 5) is 4.37. The molecule has 0 spiro atoms. The van der Waals surface area contributed by atoms with Crippen molar-refractivity contribution in [2.45, 2.75) is 13.0 Å². The smallest absolute Gasteiger partial charge is 0.245 e. The first-order chi connectivity index (χ1) is 10.3. The lowest BCUT2D eigenvalue weighted by Gasteiger charge is -2.02. The summed E-state index contributed by atoms with van der Waals surface area (Å²) >= 11 is 5.84. The third-order valence-electron chi connectivity index (χ3n) is 3.00. The van der Waals surface area contributed by atoms with Crippen LogP contribution in [0.2, 0.25) is 5.02 Å². The van der Waals surface area contributed by atoms with Crippen LogP contribution in [0.1, 0.15) is 17.3 Å². The lowest BCUT2D eigenvalue weighted by Crippen LogP contribution is -1.99. The molecule has 2 aromatic carbocycles. The van der Waals surface area contributed by atoms with Crippen LogP contribution in [-0.2, 0) is 13.0 Å². The van der Waals surface area contributed by atoms with Crippen molar-refractivity contribution in [2.24, 2.45) is 0 Å². The van der Waals surface area contributed by atoms with Gasteiger partial charge in [-0.3, -0.25) is 0 Å². The maximum absolute atomic E-state index is 5.84. The highest BCUT2D eigenvalue weighted by atomic mass is 35.5. The first-order valence-electron chi connectivity index (χ1n) is 6.64. The van der Waals surface area contributed by atoms with E-state index in [0.29, 0.717) is 29.7 Å². The molecule has 0 aliphatic rings. The molecule has 106 valence electrons. The number of nitrogens with one attached hydrogen (secondary N) is 1. The van der Waals surface area contributed by atoms with Gasteiger partial charge in [0.05, 0.1) is 6.54 Å². The molecule has 4 nitrogen and oxygen atoms in total. The highest BCUT2D eigenvalue weighted by Gasteiger charge is 2.06. The molecule has 1 aromatic heterocycles. The summed E-state index contributed by atoms with van der Waals surface area (Å²) in [6, 6.07) is 17.5. The molecule has 0 saturated heterocycles. The Morgan fingerprint density at radius 2 is 1.76 bits per heavy atom. The minimum Gasteiger partial charge on any atom is -0.376 e. The fraction of sp³-hybridized carbons (Fsp3) is 0.125. The molecule has 0 unspecified atom stereocenters. The van der Waals surface area contributed by atoms with Crippen molar-refractivity contribution in [3.63, 3.8) is 0 Å². The van der Waals surface area contributed by atoms with Gasteiger partial charge in [0.15, 0.2) is 5.82 Å². The molecule has 0 radical (unpaired) electrons. The Labute approximate surface area is 127 Å². The van der Waals surface area contributed by atoms with Crippen molar-refractivity contribution in [1.82, 2.24) is 10.1 Å². The van der Waals surface area contributed by atoms with E-state index in [9.17, 15) is 0 Å². The molecule has 5 heteroatoms. The Hall–Kier alpha value is -2.33. The van der Waals surface area contributed by atoms with Gasteiger partial charge < -0.3 is 9.84 Å². The van der Waals surface area contributed by atoms with E-state index in [0.717, 1.165) is 11.3 Å². The first-order valence-corrected chi connectivity index (χ1v) is 7.02. The molecule has 1 N–H and O–H groups in total. The van der Waals surface area contributed by atoms with Crippen molar-refractivity contribution < 1.29 is 4.52 Å². The summed E-state index contributed by atoms with van der Waals surface area (Å²) in [7, 11) is 0. The van der Waals surface area contributed by atoms with E-state index in [-0.39, 0.29) is 0 Å². The van der Waals surface area contributed by atoms with Crippen LogP contribution in [0.25, 0.3) is 0 Å². The first kappa shape index (κ1) is 13.6. The third-order valence-corrected chi connectivity index (χ3v) is 3.26. The van der Waals surface area contributed by atoms with E-state index in [4.69, 9.17) is 16.1 Å². The standard InChI is InChI=1S/C16H14ClN3O/c17-13-6-8-14(9-7-13)18-11-16-19-15(20-21-16)10-12-4-2-1-3-5-12/h1-9,18H,10-11H2. The van der Waals surface area contributed by atoms with Crippen LogP contribution in [-0.4, -0.2) is 10.1 Å². The van der Waals surface area contributed by atoms with Crippen LogP contribution in [0.15, 0.2) is 59.1 Å². The van der Waals surface area contributed by atoms with Crippen LogP contribution >= 0.6 is 11.6 Å². The van der Waals surface area contributed by atoms with E-state index in [1.165, 1.54) is 0 Å². The Bertz CT molecular complexity index is 695. The molecular weight excluding hydrogens is 286 g/mol. The van der Waals surface area contributed by atoms with Gasteiger partial charge in [0, 0.05) is 17.1 Å². The summed E-state index contributed by atoms with van der Waals surface area (Å²) in [5.41, 5.74) is 2.12. The molecule has 0 saturated carbocycles. The van der Waals surface area contributed by atoms with Gasteiger partial charge in [-0.05, 0) is 29.8 Å². The summed E-state index contributed by atoms with van der Waals surface area (Å²) in [5.74, 6) is 1.25. The highest BCUT2D eigenvalue weighted by Crippen LogP contribution is 2.14. The maximum Gasteiger partial charge on any atom is 0.245 e. The average molecular weight is 300 g/mol. The number of aromatic nitrogens is 2. The van der Waals surface area contributed by atoms with Crippen LogP contribution in [0.3, 0.4) is 0 Å². The van der Waals surface area contributed by atoms with Crippen LogP contribution in [0, 0.1) is 0 Å². The molecule has 3 rings (SSSR count). The largest absolute Gasteiger partial charge is 0.376 e. The van der Waals surface area contributed by atoms with E-state index in [1.807, 2.05) is 54.6 Å². The van der Waals surface area contributed by atoms with Crippen molar-refractivity contribution >= 4 is 17.3 Å². The quantitative estimate of drug-likeness (QED) is 0.775. The van der Waals surface area contributed by atoms with Gasteiger partial charge in [-0.25, -0.2) is 0 Å². The van der Waals surface area contributed by atoms with Crippen molar-refractivity contribution in [1.29, 1.82) is 0 Å². The molecule has 0 amide bonds. The molecule has 3 aromatic rings. The Morgan fingerprint density at radius 3 is 2.52 bits per heavy atom. The monoisotopic (exact) mass is 299 g/mol. The zero-order valence-corrected chi connectivity index (χ0v) is 12.0. The molecule has 0 fully saturated rings. The molecule has 0 atom stereocenters. The Kier molecular flexibility index (Phi) is 4.17.